The van der Waals surface area contributed by atoms with Crippen LogP contribution in [-0.2, 0) is 6.42 Å². The lowest BCUT2D eigenvalue weighted by Gasteiger charge is -2.38. The Morgan fingerprint density at radius 2 is 1.59 bits per heavy atom. The van der Waals surface area contributed by atoms with Gasteiger partial charge in [0.2, 0.25) is 0 Å². The number of ether oxygens (including phenoxy) is 4. The third-order valence-corrected chi connectivity index (χ3v) is 5.18. The van der Waals surface area contributed by atoms with Crippen LogP contribution in [-0.4, -0.2) is 52.0 Å². The Hall–Kier alpha value is -2.44. The van der Waals surface area contributed by atoms with E-state index in [1.807, 2.05) is 37.4 Å². The summed E-state index contributed by atoms with van der Waals surface area (Å²) in [7, 11) is 8.49. The van der Waals surface area contributed by atoms with Gasteiger partial charge in [-0.05, 0) is 42.8 Å². The van der Waals surface area contributed by atoms with Crippen LogP contribution in [0.2, 0.25) is 0 Å². The Morgan fingerprint density at radius 1 is 0.926 bits per heavy atom. The number of methoxy groups -OCH3 is 4. The van der Waals surface area contributed by atoms with E-state index in [4.69, 9.17) is 18.9 Å². The Bertz CT molecular complexity index is 807. The van der Waals surface area contributed by atoms with E-state index in [0.29, 0.717) is 29.5 Å². The monoisotopic (exact) mass is 373 g/mol. The zero-order chi connectivity index (χ0) is 19.6. The summed E-state index contributed by atoms with van der Waals surface area (Å²) in [5, 5.41) is 10.7. The van der Waals surface area contributed by atoms with Crippen molar-refractivity contribution >= 4 is 0 Å². The fraction of sp³-hybridized carbons (Fsp3) is 0.429. The first kappa shape index (κ1) is 19.3. The minimum atomic E-state index is -0.628. The van der Waals surface area contributed by atoms with Gasteiger partial charge in [0.15, 0.2) is 23.0 Å². The molecule has 1 aliphatic heterocycles. The van der Waals surface area contributed by atoms with Crippen molar-refractivity contribution in [1.29, 1.82) is 0 Å². The summed E-state index contributed by atoms with van der Waals surface area (Å²) >= 11 is 0. The largest absolute Gasteiger partial charge is 0.493 e. The minimum absolute atomic E-state index is 0.0984. The van der Waals surface area contributed by atoms with Crippen molar-refractivity contribution in [3.63, 3.8) is 0 Å². The van der Waals surface area contributed by atoms with E-state index in [-0.39, 0.29) is 6.04 Å². The van der Waals surface area contributed by atoms with Gasteiger partial charge in [0.25, 0.3) is 0 Å². The van der Waals surface area contributed by atoms with Crippen LogP contribution in [0.15, 0.2) is 30.3 Å². The number of aliphatic hydroxyl groups excluding tert-OH is 1. The predicted molar refractivity (Wildman–Crippen MR) is 103 cm³/mol. The minimum Gasteiger partial charge on any atom is -0.493 e. The first-order chi connectivity index (χ1) is 13.0. The molecule has 1 N–H and O–H groups in total. The molecule has 2 atom stereocenters. The highest BCUT2D eigenvalue weighted by Gasteiger charge is 2.34. The Morgan fingerprint density at radius 3 is 2.22 bits per heavy atom. The lowest BCUT2D eigenvalue weighted by atomic mass is 9.86. The van der Waals surface area contributed by atoms with Crippen molar-refractivity contribution in [1.82, 2.24) is 4.90 Å². The number of hydrogen-bond donors (Lipinski definition) is 1. The van der Waals surface area contributed by atoms with Crippen molar-refractivity contribution in [3.05, 3.63) is 47.0 Å². The molecule has 0 aromatic heterocycles. The maximum atomic E-state index is 10.7. The molecule has 0 saturated heterocycles. The van der Waals surface area contributed by atoms with E-state index in [0.717, 1.165) is 23.1 Å². The van der Waals surface area contributed by atoms with Crippen LogP contribution < -0.4 is 18.9 Å². The number of aliphatic hydroxyl groups is 1. The molecule has 1 aliphatic rings. The zero-order valence-corrected chi connectivity index (χ0v) is 16.5. The molecular formula is C21H27NO5. The van der Waals surface area contributed by atoms with Gasteiger partial charge in [-0.1, -0.05) is 12.1 Å². The second-order valence-electron chi connectivity index (χ2n) is 6.67. The third kappa shape index (κ3) is 3.55. The molecule has 146 valence electrons. The Labute approximate surface area is 160 Å². The van der Waals surface area contributed by atoms with Crippen LogP contribution in [0, 0.1) is 0 Å². The molecular weight excluding hydrogens is 346 g/mol. The van der Waals surface area contributed by atoms with Crippen LogP contribution in [0.3, 0.4) is 0 Å². The van der Waals surface area contributed by atoms with E-state index in [9.17, 15) is 5.11 Å². The van der Waals surface area contributed by atoms with Gasteiger partial charge in [-0.15, -0.1) is 0 Å². The predicted octanol–water partition coefficient (Wildman–Crippen LogP) is 2.98. The topological polar surface area (TPSA) is 60.4 Å². The quantitative estimate of drug-likeness (QED) is 0.840. The summed E-state index contributed by atoms with van der Waals surface area (Å²) in [4.78, 5) is 2.16. The number of likely N-dealkylation sites (N-methyl/N-ethyl adjacent to an activating group) is 1. The molecule has 0 unspecified atom stereocenters. The molecule has 0 radical (unpaired) electrons. The summed E-state index contributed by atoms with van der Waals surface area (Å²) in [5.41, 5.74) is 2.98. The SMILES string of the molecule is COc1ccc(C[C@H]2c3ccc(OC)c(OC)c3[C@H](O)CN2C)cc1OC. The summed E-state index contributed by atoms with van der Waals surface area (Å²) < 4.78 is 21.7. The maximum absolute atomic E-state index is 10.7. The Kier molecular flexibility index (Phi) is 5.77. The van der Waals surface area contributed by atoms with Crippen LogP contribution >= 0.6 is 0 Å². The molecule has 6 heteroatoms. The summed E-state index contributed by atoms with van der Waals surface area (Å²) in [6, 6.07) is 9.97. The number of fused-ring (bicyclic) bond motifs is 1. The molecule has 0 spiro atoms. The van der Waals surface area contributed by atoms with E-state index in [2.05, 4.69) is 4.90 Å². The van der Waals surface area contributed by atoms with Crippen LogP contribution in [0.4, 0.5) is 0 Å². The molecule has 0 bridgehead atoms. The average Bonchev–Trinajstić information content (AvgIpc) is 2.69. The van der Waals surface area contributed by atoms with Crippen molar-refractivity contribution < 1.29 is 24.1 Å². The third-order valence-electron chi connectivity index (χ3n) is 5.18. The Balaban J connectivity index is 2.01. The lowest BCUT2D eigenvalue weighted by Crippen LogP contribution is -2.36. The highest BCUT2D eigenvalue weighted by molar-refractivity contribution is 5.54. The van der Waals surface area contributed by atoms with Crippen molar-refractivity contribution in [2.45, 2.75) is 18.6 Å². The van der Waals surface area contributed by atoms with E-state index in [1.54, 1.807) is 28.4 Å². The fourth-order valence-corrected chi connectivity index (χ4v) is 3.83. The number of rotatable bonds is 6. The number of nitrogens with zero attached hydrogens (tertiary/aromatic N) is 1. The first-order valence-corrected chi connectivity index (χ1v) is 8.88. The molecule has 2 aromatic carbocycles. The zero-order valence-electron chi connectivity index (χ0n) is 16.5. The average molecular weight is 373 g/mol. The van der Waals surface area contributed by atoms with Crippen LogP contribution in [0.1, 0.15) is 28.8 Å². The first-order valence-electron chi connectivity index (χ1n) is 8.88. The van der Waals surface area contributed by atoms with Crippen molar-refractivity contribution in [3.8, 4) is 23.0 Å². The fourth-order valence-electron chi connectivity index (χ4n) is 3.83. The van der Waals surface area contributed by atoms with Gasteiger partial charge in [0.05, 0.1) is 34.5 Å². The van der Waals surface area contributed by atoms with Gasteiger partial charge >= 0.3 is 0 Å². The van der Waals surface area contributed by atoms with Gasteiger partial charge in [-0.3, -0.25) is 4.90 Å². The second kappa shape index (κ2) is 8.06. The standard InChI is InChI=1S/C21H27NO5/c1-22-12-16(23)20-14(7-9-18(25-3)21(20)27-5)15(22)10-13-6-8-17(24-2)19(11-13)26-4/h6-9,11,15-16,23H,10,12H2,1-5H3/t15-,16+/m0/s1. The second-order valence-corrected chi connectivity index (χ2v) is 6.67. The molecule has 0 aliphatic carbocycles. The molecule has 27 heavy (non-hydrogen) atoms. The molecule has 0 fully saturated rings. The molecule has 1 heterocycles. The van der Waals surface area contributed by atoms with Gasteiger partial charge in [0.1, 0.15) is 0 Å². The maximum Gasteiger partial charge on any atom is 0.166 e. The van der Waals surface area contributed by atoms with Gasteiger partial charge in [0, 0.05) is 18.2 Å². The lowest BCUT2D eigenvalue weighted by molar-refractivity contribution is 0.0806. The summed E-state index contributed by atoms with van der Waals surface area (Å²) in [6.45, 7) is 0.522. The molecule has 3 rings (SSSR count). The molecule has 0 saturated carbocycles. The van der Waals surface area contributed by atoms with E-state index >= 15 is 0 Å². The van der Waals surface area contributed by atoms with Gasteiger partial charge < -0.3 is 24.1 Å². The molecule has 2 aromatic rings. The summed E-state index contributed by atoms with van der Waals surface area (Å²) in [6.07, 6.45) is 0.142. The molecule has 6 nitrogen and oxygen atoms in total. The van der Waals surface area contributed by atoms with Crippen molar-refractivity contribution in [2.24, 2.45) is 0 Å². The number of β-amino-alcohol motifs (C(OH)–C–C–N with tert-alkyl or cyclic N) is 1. The van der Waals surface area contributed by atoms with Crippen LogP contribution in [0.5, 0.6) is 23.0 Å². The molecule has 0 amide bonds. The van der Waals surface area contributed by atoms with Gasteiger partial charge in [-0.25, -0.2) is 0 Å². The normalized spacial score (nSPS) is 19.3. The van der Waals surface area contributed by atoms with Gasteiger partial charge in [-0.2, -0.15) is 0 Å². The summed E-state index contributed by atoms with van der Waals surface area (Å²) in [5.74, 6) is 2.65. The highest BCUT2D eigenvalue weighted by atomic mass is 16.5. The highest BCUT2D eigenvalue weighted by Crippen LogP contribution is 2.45. The van der Waals surface area contributed by atoms with Crippen molar-refractivity contribution in [2.75, 3.05) is 42.0 Å². The van der Waals surface area contributed by atoms with Crippen LogP contribution in [0.25, 0.3) is 0 Å². The number of hydrogen-bond acceptors (Lipinski definition) is 6. The van der Waals surface area contributed by atoms with E-state index < -0.39 is 6.10 Å². The number of benzene rings is 2. The van der Waals surface area contributed by atoms with E-state index in [1.165, 1.54) is 0 Å². The smallest absolute Gasteiger partial charge is 0.166 e.